The molecule has 2 rings (SSSR count). The average molecular weight is 414 g/mol. The van der Waals surface area contributed by atoms with Crippen LogP contribution in [0.25, 0.3) is 0 Å². The van der Waals surface area contributed by atoms with Crippen LogP contribution in [0.15, 0.2) is 27.8 Å². The lowest BCUT2D eigenvalue weighted by molar-refractivity contribution is 0.553. The molecule has 1 aromatic carbocycles. The van der Waals surface area contributed by atoms with Gasteiger partial charge in [-0.25, -0.2) is 13.1 Å². The third kappa shape index (κ3) is 3.57. The van der Waals surface area contributed by atoms with Gasteiger partial charge in [0.25, 0.3) is 0 Å². The molecule has 0 saturated carbocycles. The van der Waals surface area contributed by atoms with Gasteiger partial charge in [0, 0.05) is 11.5 Å². The van der Waals surface area contributed by atoms with Crippen molar-refractivity contribution in [2.24, 2.45) is 7.05 Å². The molecule has 1 aromatic heterocycles. The van der Waals surface area contributed by atoms with E-state index in [-0.39, 0.29) is 14.9 Å². The number of halogens is 3. The summed E-state index contributed by atoms with van der Waals surface area (Å²) < 4.78 is 29.6. The number of aryl methyl sites for hydroxylation is 1. The number of nitrogens with zero attached hydrogens (tertiary/aromatic N) is 3. The highest BCUT2D eigenvalue weighted by Gasteiger charge is 2.26. The second-order valence-electron chi connectivity index (χ2n) is 4.34. The Kier molecular flexibility index (Phi) is 4.94. The van der Waals surface area contributed by atoms with Gasteiger partial charge in [-0.05, 0) is 19.1 Å². The lowest BCUT2D eigenvalue weighted by atomic mass is 10.3. The van der Waals surface area contributed by atoms with Crippen molar-refractivity contribution >= 4 is 49.2 Å². The maximum atomic E-state index is 12.4. The minimum atomic E-state index is -3.90. The van der Waals surface area contributed by atoms with Crippen molar-refractivity contribution in [2.45, 2.75) is 17.9 Å². The van der Waals surface area contributed by atoms with E-state index in [4.69, 9.17) is 23.2 Å². The number of aromatic nitrogens is 3. The van der Waals surface area contributed by atoms with Gasteiger partial charge < -0.3 is 4.57 Å². The number of hydrogen-bond donors (Lipinski definition) is 1. The highest BCUT2D eigenvalue weighted by Crippen LogP contribution is 2.33. The molecule has 0 aliphatic carbocycles. The molecule has 1 heterocycles. The van der Waals surface area contributed by atoms with Gasteiger partial charge >= 0.3 is 0 Å². The molecule has 0 bridgehead atoms. The zero-order valence-electron chi connectivity index (χ0n) is 11.0. The van der Waals surface area contributed by atoms with Crippen molar-refractivity contribution in [3.05, 3.63) is 38.8 Å². The van der Waals surface area contributed by atoms with E-state index in [1.165, 1.54) is 18.5 Å². The van der Waals surface area contributed by atoms with Crippen LogP contribution in [0.5, 0.6) is 0 Å². The molecule has 10 heteroatoms. The molecule has 0 spiro atoms. The molecule has 1 unspecified atom stereocenters. The summed E-state index contributed by atoms with van der Waals surface area (Å²) in [6.07, 6.45) is 1.49. The quantitative estimate of drug-likeness (QED) is 0.835. The smallest absolute Gasteiger partial charge is 0.244 e. The first kappa shape index (κ1) is 16.7. The van der Waals surface area contributed by atoms with Crippen molar-refractivity contribution in [2.75, 3.05) is 0 Å². The maximum Gasteiger partial charge on any atom is 0.244 e. The predicted molar refractivity (Wildman–Crippen MR) is 83.9 cm³/mol. The topological polar surface area (TPSA) is 76.9 Å². The average Bonchev–Trinajstić information content (AvgIpc) is 2.72. The van der Waals surface area contributed by atoms with E-state index >= 15 is 0 Å². The zero-order chi connectivity index (χ0) is 15.8. The highest BCUT2D eigenvalue weighted by atomic mass is 79.9. The summed E-state index contributed by atoms with van der Waals surface area (Å²) in [5, 5.41) is 7.65. The van der Waals surface area contributed by atoms with Crippen LogP contribution in [0.3, 0.4) is 0 Å². The Morgan fingerprint density at radius 2 is 1.90 bits per heavy atom. The summed E-state index contributed by atoms with van der Waals surface area (Å²) >= 11 is 15.2. The summed E-state index contributed by atoms with van der Waals surface area (Å²) in [7, 11) is -2.17. The number of hydrogen-bond acceptors (Lipinski definition) is 4. The fourth-order valence-electron chi connectivity index (χ4n) is 1.81. The Bertz CT molecular complexity index is 755. The highest BCUT2D eigenvalue weighted by molar-refractivity contribution is 9.10. The molecule has 0 amide bonds. The van der Waals surface area contributed by atoms with Gasteiger partial charge in [0.1, 0.15) is 17.0 Å². The first-order valence-electron chi connectivity index (χ1n) is 5.73. The molecule has 114 valence electrons. The van der Waals surface area contributed by atoms with E-state index in [2.05, 4.69) is 30.8 Å². The Morgan fingerprint density at radius 1 is 1.33 bits per heavy atom. The summed E-state index contributed by atoms with van der Waals surface area (Å²) in [6, 6.07) is 2.35. The molecule has 1 N–H and O–H groups in total. The third-order valence-corrected chi connectivity index (χ3v) is 5.62. The molecular weight excluding hydrogens is 403 g/mol. The molecule has 0 radical (unpaired) electrons. The van der Waals surface area contributed by atoms with E-state index in [9.17, 15) is 8.42 Å². The van der Waals surface area contributed by atoms with Crippen LogP contribution in [0.1, 0.15) is 18.8 Å². The molecule has 2 aromatic rings. The van der Waals surface area contributed by atoms with Gasteiger partial charge in [-0.1, -0.05) is 39.1 Å². The minimum Gasteiger partial charge on any atom is -0.319 e. The maximum absolute atomic E-state index is 12.4. The fourth-order valence-corrected chi connectivity index (χ4v) is 4.95. The number of rotatable bonds is 4. The number of sulfonamides is 1. The molecule has 0 saturated heterocycles. The van der Waals surface area contributed by atoms with Gasteiger partial charge in [0.2, 0.25) is 10.0 Å². The second-order valence-corrected chi connectivity index (χ2v) is 7.72. The second kappa shape index (κ2) is 6.21. The lowest BCUT2D eigenvalue weighted by Crippen LogP contribution is -2.29. The minimum absolute atomic E-state index is 0.0343. The predicted octanol–water partition coefficient (Wildman–Crippen LogP) is 2.92. The first-order chi connectivity index (χ1) is 9.72. The molecule has 0 aliphatic heterocycles. The third-order valence-electron chi connectivity index (χ3n) is 2.70. The number of nitrogens with one attached hydrogen (secondary N) is 1. The van der Waals surface area contributed by atoms with Gasteiger partial charge in [-0.15, -0.1) is 10.2 Å². The van der Waals surface area contributed by atoms with Crippen molar-refractivity contribution in [1.29, 1.82) is 0 Å². The summed E-state index contributed by atoms with van der Waals surface area (Å²) in [5.41, 5.74) is 0. The molecule has 0 fully saturated rings. The van der Waals surface area contributed by atoms with Crippen molar-refractivity contribution in [3.63, 3.8) is 0 Å². The molecule has 21 heavy (non-hydrogen) atoms. The van der Waals surface area contributed by atoms with E-state index < -0.39 is 16.1 Å². The van der Waals surface area contributed by atoms with Crippen LogP contribution < -0.4 is 4.72 Å². The van der Waals surface area contributed by atoms with Gasteiger partial charge in [-0.3, -0.25) is 0 Å². The largest absolute Gasteiger partial charge is 0.319 e. The number of benzene rings is 1. The summed E-state index contributed by atoms with van der Waals surface area (Å²) in [4.78, 5) is -0.164. The molecule has 6 nitrogen and oxygen atoms in total. The standard InChI is InChI=1S/C11H11BrCl2N4O2S/c1-6(11-16-15-5-18(11)2)17-21(19,20)10-8(13)3-7(12)4-9(10)14/h3-6,17H,1-2H3. The van der Waals surface area contributed by atoms with E-state index in [1.54, 1.807) is 18.5 Å². The van der Waals surface area contributed by atoms with Crippen molar-refractivity contribution < 1.29 is 8.42 Å². The Hall–Kier alpha value is -0.670. The normalized spacial score (nSPS) is 13.4. The SMILES string of the molecule is CC(NS(=O)(=O)c1c(Cl)cc(Br)cc1Cl)c1nncn1C. The van der Waals surface area contributed by atoms with Crippen LogP contribution in [-0.4, -0.2) is 23.2 Å². The first-order valence-corrected chi connectivity index (χ1v) is 8.76. The van der Waals surface area contributed by atoms with Crippen LogP contribution in [0.4, 0.5) is 0 Å². The Morgan fingerprint density at radius 3 is 2.38 bits per heavy atom. The van der Waals surface area contributed by atoms with Crippen LogP contribution >= 0.6 is 39.1 Å². The zero-order valence-corrected chi connectivity index (χ0v) is 14.9. The van der Waals surface area contributed by atoms with E-state index in [1.807, 2.05) is 0 Å². The summed E-state index contributed by atoms with van der Waals surface area (Å²) in [6.45, 7) is 1.65. The lowest BCUT2D eigenvalue weighted by Gasteiger charge is -2.15. The molecular formula is C11H11BrCl2N4O2S. The molecule has 0 aliphatic rings. The van der Waals surface area contributed by atoms with E-state index in [0.717, 1.165) is 0 Å². The van der Waals surface area contributed by atoms with Crippen molar-refractivity contribution in [3.8, 4) is 0 Å². The van der Waals surface area contributed by atoms with Crippen LogP contribution in [0.2, 0.25) is 10.0 Å². The van der Waals surface area contributed by atoms with Crippen molar-refractivity contribution in [1.82, 2.24) is 19.5 Å². The van der Waals surface area contributed by atoms with Gasteiger partial charge in [0.05, 0.1) is 16.1 Å². The monoisotopic (exact) mass is 412 g/mol. The van der Waals surface area contributed by atoms with Crippen LogP contribution in [-0.2, 0) is 17.1 Å². The molecule has 1 atom stereocenters. The van der Waals surface area contributed by atoms with Gasteiger partial charge in [-0.2, -0.15) is 0 Å². The van der Waals surface area contributed by atoms with Gasteiger partial charge in [0.15, 0.2) is 0 Å². The fraction of sp³-hybridized carbons (Fsp3) is 0.273. The van der Waals surface area contributed by atoms with E-state index in [0.29, 0.717) is 10.3 Å². The Labute approximate surface area is 140 Å². The summed E-state index contributed by atoms with van der Waals surface area (Å²) in [5.74, 6) is 0.475. The Balaban J connectivity index is 2.38. The van der Waals surface area contributed by atoms with Crippen LogP contribution in [0, 0.1) is 0 Å².